The maximum Gasteiger partial charge on any atom is 0.271 e. The van der Waals surface area contributed by atoms with Crippen molar-refractivity contribution in [2.24, 2.45) is 0 Å². The van der Waals surface area contributed by atoms with Gasteiger partial charge in [-0.3, -0.25) is 14.9 Å². The van der Waals surface area contributed by atoms with Crippen LogP contribution in [0.3, 0.4) is 0 Å². The summed E-state index contributed by atoms with van der Waals surface area (Å²) in [5.41, 5.74) is -0.543. The Morgan fingerprint density at radius 1 is 1.44 bits per heavy atom. The number of benzene rings is 1. The van der Waals surface area contributed by atoms with Crippen LogP contribution in [-0.4, -0.2) is 23.0 Å². The van der Waals surface area contributed by atoms with Gasteiger partial charge in [0.15, 0.2) is 5.60 Å². The van der Waals surface area contributed by atoms with Gasteiger partial charge < -0.3 is 9.64 Å². The number of ether oxygens (including phenoxy) is 1. The molecule has 0 saturated heterocycles. The van der Waals surface area contributed by atoms with Crippen molar-refractivity contribution >= 4 is 17.3 Å². The Labute approximate surface area is 104 Å². The highest BCUT2D eigenvalue weighted by Crippen LogP contribution is 2.39. The second-order valence-electron chi connectivity index (χ2n) is 4.57. The Morgan fingerprint density at radius 3 is 2.67 bits per heavy atom. The molecule has 1 heterocycles. The normalized spacial score (nSPS) is 17.1. The van der Waals surface area contributed by atoms with Gasteiger partial charge in [-0.15, -0.1) is 0 Å². The highest BCUT2D eigenvalue weighted by molar-refractivity contribution is 6.02. The summed E-state index contributed by atoms with van der Waals surface area (Å²) in [7, 11) is 0. The van der Waals surface area contributed by atoms with Crippen molar-refractivity contribution in [2.45, 2.75) is 26.4 Å². The van der Waals surface area contributed by atoms with Crippen LogP contribution in [0.5, 0.6) is 5.75 Å². The van der Waals surface area contributed by atoms with Crippen LogP contribution >= 0.6 is 0 Å². The fraction of sp³-hybridized carbons (Fsp3) is 0.417. The number of hydrogen-bond acceptors (Lipinski definition) is 4. The van der Waals surface area contributed by atoms with Crippen molar-refractivity contribution in [1.29, 1.82) is 0 Å². The van der Waals surface area contributed by atoms with Gasteiger partial charge in [0.2, 0.25) is 0 Å². The maximum absolute atomic E-state index is 12.2. The van der Waals surface area contributed by atoms with Crippen molar-refractivity contribution in [3.05, 3.63) is 28.3 Å². The summed E-state index contributed by atoms with van der Waals surface area (Å²) in [5, 5.41) is 10.8. The van der Waals surface area contributed by atoms with Crippen LogP contribution in [0.4, 0.5) is 11.4 Å². The molecule has 2 rings (SSSR count). The Morgan fingerprint density at radius 2 is 2.11 bits per heavy atom. The van der Waals surface area contributed by atoms with E-state index in [1.54, 1.807) is 13.8 Å². The van der Waals surface area contributed by atoms with E-state index in [0.29, 0.717) is 18.0 Å². The molecule has 0 fully saturated rings. The van der Waals surface area contributed by atoms with Gasteiger partial charge in [0.05, 0.1) is 10.6 Å². The number of carbonyl (C=O) groups is 1. The number of anilines is 1. The molecule has 1 amide bonds. The maximum atomic E-state index is 12.2. The van der Waals surface area contributed by atoms with Crippen molar-refractivity contribution < 1.29 is 14.5 Å². The topological polar surface area (TPSA) is 72.7 Å². The summed E-state index contributed by atoms with van der Waals surface area (Å²) < 4.78 is 5.58. The number of nitrogens with zero attached hydrogens (tertiary/aromatic N) is 2. The van der Waals surface area contributed by atoms with Crippen LogP contribution in [0.1, 0.15) is 20.8 Å². The third-order valence-electron chi connectivity index (χ3n) is 2.89. The monoisotopic (exact) mass is 250 g/mol. The lowest BCUT2D eigenvalue weighted by Gasteiger charge is -2.38. The van der Waals surface area contributed by atoms with E-state index in [1.165, 1.54) is 23.1 Å². The first kappa shape index (κ1) is 12.3. The number of fused-ring (bicyclic) bond motifs is 1. The second kappa shape index (κ2) is 3.97. The first-order chi connectivity index (χ1) is 8.36. The van der Waals surface area contributed by atoms with E-state index in [4.69, 9.17) is 4.74 Å². The molecule has 96 valence electrons. The number of nitro benzene ring substituents is 1. The quantitative estimate of drug-likeness (QED) is 0.595. The van der Waals surface area contributed by atoms with Crippen LogP contribution in [0.25, 0.3) is 0 Å². The summed E-state index contributed by atoms with van der Waals surface area (Å²) in [4.78, 5) is 23.9. The number of likely N-dealkylation sites (N-methyl/N-ethyl adjacent to an activating group) is 1. The van der Waals surface area contributed by atoms with Gasteiger partial charge in [0.1, 0.15) is 5.75 Å². The van der Waals surface area contributed by atoms with Crippen molar-refractivity contribution in [3.8, 4) is 5.75 Å². The van der Waals surface area contributed by atoms with E-state index < -0.39 is 10.5 Å². The molecule has 6 heteroatoms. The number of rotatable bonds is 2. The van der Waals surface area contributed by atoms with Crippen LogP contribution in [0.15, 0.2) is 18.2 Å². The third kappa shape index (κ3) is 1.79. The predicted octanol–water partition coefficient (Wildman–Crippen LogP) is 2.12. The van der Waals surface area contributed by atoms with E-state index in [2.05, 4.69) is 0 Å². The van der Waals surface area contributed by atoms with Gasteiger partial charge in [-0.05, 0) is 26.8 Å². The minimum Gasteiger partial charge on any atom is -0.476 e. The van der Waals surface area contributed by atoms with Crippen LogP contribution in [-0.2, 0) is 4.79 Å². The summed E-state index contributed by atoms with van der Waals surface area (Å²) >= 11 is 0. The Bertz CT molecular complexity index is 525. The van der Waals surface area contributed by atoms with Gasteiger partial charge >= 0.3 is 0 Å². The zero-order valence-corrected chi connectivity index (χ0v) is 10.5. The Hall–Kier alpha value is -2.11. The number of non-ortho nitro benzene ring substituents is 1. The molecule has 0 atom stereocenters. The minimum atomic E-state index is -0.945. The molecule has 0 aliphatic carbocycles. The summed E-state index contributed by atoms with van der Waals surface area (Å²) in [6, 6.07) is 4.27. The number of nitro groups is 1. The smallest absolute Gasteiger partial charge is 0.271 e. The molecule has 0 bridgehead atoms. The lowest BCUT2D eigenvalue weighted by molar-refractivity contribution is -0.384. The summed E-state index contributed by atoms with van der Waals surface area (Å²) in [5.74, 6) is 0.296. The summed E-state index contributed by atoms with van der Waals surface area (Å²) in [6.45, 7) is 5.63. The van der Waals surface area contributed by atoms with Crippen LogP contribution in [0, 0.1) is 10.1 Å². The van der Waals surface area contributed by atoms with Crippen LogP contribution in [0.2, 0.25) is 0 Å². The lowest BCUT2D eigenvalue weighted by atomic mass is 10.0. The minimum absolute atomic E-state index is 0.0525. The second-order valence-corrected chi connectivity index (χ2v) is 4.57. The predicted molar refractivity (Wildman–Crippen MR) is 65.8 cm³/mol. The van der Waals surface area contributed by atoms with E-state index in [0.717, 1.165) is 0 Å². The largest absolute Gasteiger partial charge is 0.476 e. The molecule has 0 unspecified atom stereocenters. The highest BCUT2D eigenvalue weighted by Gasteiger charge is 2.40. The van der Waals surface area contributed by atoms with E-state index >= 15 is 0 Å². The fourth-order valence-corrected chi connectivity index (χ4v) is 1.98. The molecule has 1 aromatic carbocycles. The molecule has 0 N–H and O–H groups in total. The van der Waals surface area contributed by atoms with Gasteiger partial charge in [0.25, 0.3) is 11.6 Å². The molecular formula is C12H14N2O4. The summed E-state index contributed by atoms with van der Waals surface area (Å²) in [6.07, 6.45) is 0. The van der Waals surface area contributed by atoms with E-state index in [-0.39, 0.29) is 11.6 Å². The molecule has 6 nitrogen and oxygen atoms in total. The molecule has 1 aromatic rings. The number of hydrogen-bond donors (Lipinski definition) is 0. The van der Waals surface area contributed by atoms with Gasteiger partial charge in [-0.1, -0.05) is 0 Å². The van der Waals surface area contributed by atoms with Gasteiger partial charge in [-0.25, -0.2) is 0 Å². The van der Waals surface area contributed by atoms with Crippen molar-refractivity contribution in [2.75, 3.05) is 11.4 Å². The molecular weight excluding hydrogens is 236 g/mol. The lowest BCUT2D eigenvalue weighted by Crippen LogP contribution is -2.52. The molecule has 0 spiro atoms. The number of amides is 1. The molecule has 1 aliphatic rings. The SMILES string of the molecule is CCN1C(=O)C(C)(C)Oc2ccc([N+](=O)[O-])cc21. The van der Waals surface area contributed by atoms with Crippen molar-refractivity contribution in [3.63, 3.8) is 0 Å². The standard InChI is InChI=1S/C12H14N2O4/c1-4-13-9-7-8(14(16)17)5-6-10(9)18-12(2,3)11(13)15/h5-7H,4H2,1-3H3. The Balaban J connectivity index is 2.56. The molecule has 18 heavy (non-hydrogen) atoms. The average molecular weight is 250 g/mol. The zero-order valence-electron chi connectivity index (χ0n) is 10.5. The molecule has 0 radical (unpaired) electrons. The zero-order chi connectivity index (χ0) is 13.5. The van der Waals surface area contributed by atoms with Crippen molar-refractivity contribution in [1.82, 2.24) is 0 Å². The van der Waals surface area contributed by atoms with Gasteiger partial charge in [-0.2, -0.15) is 0 Å². The average Bonchev–Trinajstić information content (AvgIpc) is 2.30. The first-order valence-electron chi connectivity index (χ1n) is 5.66. The van der Waals surface area contributed by atoms with Gasteiger partial charge in [0, 0.05) is 18.7 Å². The third-order valence-corrected chi connectivity index (χ3v) is 2.89. The molecule has 0 aromatic heterocycles. The highest BCUT2D eigenvalue weighted by atomic mass is 16.6. The van der Waals surface area contributed by atoms with E-state index in [9.17, 15) is 14.9 Å². The first-order valence-corrected chi connectivity index (χ1v) is 5.66. The molecule has 0 saturated carbocycles. The Kier molecular flexibility index (Phi) is 2.73. The number of carbonyl (C=O) groups excluding carboxylic acids is 1. The molecule has 1 aliphatic heterocycles. The van der Waals surface area contributed by atoms with E-state index in [1.807, 2.05) is 6.92 Å². The fourth-order valence-electron chi connectivity index (χ4n) is 1.98. The van der Waals surface area contributed by atoms with Crippen LogP contribution < -0.4 is 9.64 Å².